The normalized spacial score (nSPS) is 10.2. The van der Waals surface area contributed by atoms with Gasteiger partial charge in [-0.25, -0.2) is 9.18 Å². The van der Waals surface area contributed by atoms with Crippen LogP contribution in [-0.2, 0) is 0 Å². The number of benzene rings is 2. The average molecular weight is 308 g/mol. The second-order valence-corrected chi connectivity index (χ2v) is 4.79. The van der Waals surface area contributed by atoms with Gasteiger partial charge in [0.05, 0.1) is 21.8 Å². The average Bonchev–Trinajstić information content (AvgIpc) is 2.40. The number of aryl methyl sites for hydroxylation is 1. The van der Waals surface area contributed by atoms with Gasteiger partial charge in [0.15, 0.2) is 0 Å². The second kappa shape index (κ2) is 5.93. The first-order chi connectivity index (χ1) is 9.90. The molecule has 2 N–H and O–H groups in total. The van der Waals surface area contributed by atoms with Crippen molar-refractivity contribution in [1.82, 2.24) is 0 Å². The van der Waals surface area contributed by atoms with E-state index < -0.39 is 17.7 Å². The predicted molar refractivity (Wildman–Crippen MR) is 77.5 cm³/mol. The Morgan fingerprint density at radius 1 is 1.19 bits per heavy atom. The standard InChI is InChI=1S/C15H11ClFNO3/c1-8-3-2-4-11(15(20)21)13(8)18-14(19)10-6-5-9(17)7-12(10)16/h2-7H,1H3,(H,18,19)(H,20,21). The summed E-state index contributed by atoms with van der Waals surface area (Å²) in [6.45, 7) is 1.67. The SMILES string of the molecule is Cc1cccc(C(=O)O)c1NC(=O)c1ccc(F)cc1Cl. The molecule has 0 aromatic heterocycles. The minimum absolute atomic E-state index is 0.0263. The third-order valence-electron chi connectivity index (χ3n) is 2.92. The molecule has 0 fully saturated rings. The molecule has 4 nitrogen and oxygen atoms in total. The van der Waals surface area contributed by atoms with Crippen molar-refractivity contribution in [2.75, 3.05) is 5.32 Å². The van der Waals surface area contributed by atoms with Gasteiger partial charge in [0.25, 0.3) is 5.91 Å². The number of para-hydroxylation sites is 1. The van der Waals surface area contributed by atoms with Crippen molar-refractivity contribution in [2.45, 2.75) is 6.92 Å². The van der Waals surface area contributed by atoms with Crippen LogP contribution >= 0.6 is 11.6 Å². The number of halogens is 2. The number of amides is 1. The molecule has 2 aromatic carbocycles. The number of hydrogen-bond acceptors (Lipinski definition) is 2. The second-order valence-electron chi connectivity index (χ2n) is 4.38. The van der Waals surface area contributed by atoms with E-state index in [0.717, 1.165) is 12.1 Å². The molecule has 0 bridgehead atoms. The van der Waals surface area contributed by atoms with Crippen molar-refractivity contribution >= 4 is 29.2 Å². The number of carbonyl (C=O) groups is 2. The summed E-state index contributed by atoms with van der Waals surface area (Å²) in [5.74, 6) is -2.31. The fourth-order valence-corrected chi connectivity index (χ4v) is 2.12. The summed E-state index contributed by atoms with van der Waals surface area (Å²) >= 11 is 5.82. The third-order valence-corrected chi connectivity index (χ3v) is 3.23. The molecule has 1 amide bonds. The first-order valence-corrected chi connectivity index (χ1v) is 6.37. The summed E-state index contributed by atoms with van der Waals surface area (Å²) in [6, 6.07) is 8.01. The van der Waals surface area contributed by atoms with Gasteiger partial charge in [-0.1, -0.05) is 23.7 Å². The van der Waals surface area contributed by atoms with Crippen LogP contribution in [0.2, 0.25) is 5.02 Å². The smallest absolute Gasteiger partial charge is 0.337 e. The zero-order valence-corrected chi connectivity index (χ0v) is 11.7. The van der Waals surface area contributed by atoms with E-state index in [-0.39, 0.29) is 21.8 Å². The van der Waals surface area contributed by atoms with Crippen LogP contribution in [0.1, 0.15) is 26.3 Å². The molecule has 0 aliphatic carbocycles. The number of anilines is 1. The summed E-state index contributed by atoms with van der Waals surface area (Å²) in [5.41, 5.74) is 0.830. The number of rotatable bonds is 3. The molecule has 0 aliphatic rings. The summed E-state index contributed by atoms with van der Waals surface area (Å²) in [4.78, 5) is 23.3. The number of carbonyl (C=O) groups excluding carboxylic acids is 1. The van der Waals surface area contributed by atoms with Crippen LogP contribution in [0, 0.1) is 12.7 Å². The van der Waals surface area contributed by atoms with E-state index in [9.17, 15) is 14.0 Å². The lowest BCUT2D eigenvalue weighted by Crippen LogP contribution is -2.16. The minimum atomic E-state index is -1.15. The molecule has 0 saturated heterocycles. The maximum atomic E-state index is 13.0. The van der Waals surface area contributed by atoms with Crippen LogP contribution in [0.4, 0.5) is 10.1 Å². The molecular weight excluding hydrogens is 297 g/mol. The Morgan fingerprint density at radius 2 is 1.90 bits per heavy atom. The molecule has 0 saturated carbocycles. The van der Waals surface area contributed by atoms with Crippen LogP contribution in [0.3, 0.4) is 0 Å². The fraction of sp³-hybridized carbons (Fsp3) is 0.0667. The minimum Gasteiger partial charge on any atom is -0.478 e. The van der Waals surface area contributed by atoms with Gasteiger partial charge >= 0.3 is 5.97 Å². The Morgan fingerprint density at radius 3 is 2.52 bits per heavy atom. The van der Waals surface area contributed by atoms with Crippen molar-refractivity contribution in [3.8, 4) is 0 Å². The van der Waals surface area contributed by atoms with Gasteiger partial charge in [-0.15, -0.1) is 0 Å². The van der Waals surface area contributed by atoms with E-state index >= 15 is 0 Å². The molecule has 0 radical (unpaired) electrons. The maximum Gasteiger partial charge on any atom is 0.337 e. The predicted octanol–water partition coefficient (Wildman–Crippen LogP) is 3.74. The summed E-state index contributed by atoms with van der Waals surface area (Å²) < 4.78 is 13.0. The van der Waals surface area contributed by atoms with Gasteiger partial charge in [0, 0.05) is 0 Å². The topological polar surface area (TPSA) is 66.4 Å². The number of carboxylic acid groups (broad SMARTS) is 1. The highest BCUT2D eigenvalue weighted by Gasteiger charge is 2.17. The van der Waals surface area contributed by atoms with Crippen molar-refractivity contribution in [1.29, 1.82) is 0 Å². The van der Waals surface area contributed by atoms with Gasteiger partial charge in [-0.3, -0.25) is 4.79 Å². The third kappa shape index (κ3) is 3.20. The van der Waals surface area contributed by atoms with E-state index in [1.165, 1.54) is 12.1 Å². The molecule has 6 heteroatoms. The number of hydrogen-bond donors (Lipinski definition) is 2. The van der Waals surface area contributed by atoms with Crippen molar-refractivity contribution in [3.05, 3.63) is 63.9 Å². The van der Waals surface area contributed by atoms with Crippen LogP contribution in [0.15, 0.2) is 36.4 Å². The molecule has 21 heavy (non-hydrogen) atoms. The summed E-state index contributed by atoms with van der Waals surface area (Å²) in [6.07, 6.45) is 0. The highest BCUT2D eigenvalue weighted by molar-refractivity contribution is 6.34. The quantitative estimate of drug-likeness (QED) is 0.907. The largest absolute Gasteiger partial charge is 0.478 e. The molecule has 0 heterocycles. The number of nitrogens with one attached hydrogen (secondary N) is 1. The van der Waals surface area contributed by atoms with E-state index in [1.807, 2.05) is 0 Å². The monoisotopic (exact) mass is 307 g/mol. The first-order valence-electron chi connectivity index (χ1n) is 5.99. The van der Waals surface area contributed by atoms with Crippen LogP contribution in [-0.4, -0.2) is 17.0 Å². The molecule has 0 aliphatic heterocycles. The molecule has 2 rings (SSSR count). The Labute approximate surface area is 125 Å². The lowest BCUT2D eigenvalue weighted by molar-refractivity contribution is 0.0698. The number of aromatic carboxylic acids is 1. The van der Waals surface area contributed by atoms with Gasteiger partial charge in [0.2, 0.25) is 0 Å². The first kappa shape index (κ1) is 15.0. The Balaban J connectivity index is 2.38. The molecule has 108 valence electrons. The van der Waals surface area contributed by atoms with Crippen molar-refractivity contribution in [2.24, 2.45) is 0 Å². The van der Waals surface area contributed by atoms with Gasteiger partial charge in [-0.2, -0.15) is 0 Å². The van der Waals surface area contributed by atoms with E-state index in [2.05, 4.69) is 5.32 Å². The molecular formula is C15H11ClFNO3. The van der Waals surface area contributed by atoms with E-state index in [4.69, 9.17) is 16.7 Å². The maximum absolute atomic E-state index is 13.0. The Bertz CT molecular complexity index is 731. The van der Waals surface area contributed by atoms with Crippen molar-refractivity contribution in [3.63, 3.8) is 0 Å². The highest BCUT2D eigenvalue weighted by Crippen LogP contribution is 2.23. The summed E-state index contributed by atoms with van der Waals surface area (Å²) in [7, 11) is 0. The molecule has 0 atom stereocenters. The lowest BCUT2D eigenvalue weighted by Gasteiger charge is -2.12. The van der Waals surface area contributed by atoms with Crippen LogP contribution in [0.25, 0.3) is 0 Å². The lowest BCUT2D eigenvalue weighted by atomic mass is 10.1. The Kier molecular flexibility index (Phi) is 4.23. The highest BCUT2D eigenvalue weighted by atomic mass is 35.5. The Hall–Kier alpha value is -2.40. The molecule has 0 spiro atoms. The van der Waals surface area contributed by atoms with E-state index in [1.54, 1.807) is 19.1 Å². The van der Waals surface area contributed by atoms with Gasteiger partial charge < -0.3 is 10.4 Å². The van der Waals surface area contributed by atoms with Gasteiger partial charge in [0.1, 0.15) is 5.82 Å². The number of carboxylic acids is 1. The zero-order valence-electron chi connectivity index (χ0n) is 11.0. The molecule has 2 aromatic rings. The van der Waals surface area contributed by atoms with E-state index in [0.29, 0.717) is 5.56 Å². The zero-order chi connectivity index (χ0) is 15.6. The van der Waals surface area contributed by atoms with Crippen LogP contribution < -0.4 is 5.32 Å². The fourth-order valence-electron chi connectivity index (χ4n) is 1.87. The summed E-state index contributed by atoms with van der Waals surface area (Å²) in [5, 5.41) is 11.6. The van der Waals surface area contributed by atoms with Gasteiger partial charge in [-0.05, 0) is 36.8 Å². The van der Waals surface area contributed by atoms with Crippen LogP contribution in [0.5, 0.6) is 0 Å². The van der Waals surface area contributed by atoms with Crippen molar-refractivity contribution < 1.29 is 19.1 Å². The molecule has 0 unspecified atom stereocenters.